The molecule has 1 aliphatic heterocycles. The number of sulfonamides is 1. The molecule has 0 spiro atoms. The van der Waals surface area contributed by atoms with Crippen LogP contribution in [0.15, 0.2) is 72.1 Å². The number of aliphatic hydroxyl groups excluding tert-OH is 3. The molecule has 5 rings (SSSR count). The zero-order valence-corrected chi connectivity index (χ0v) is 25.5. The number of hydrogen-bond donors (Lipinski definition) is 5. The highest BCUT2D eigenvalue weighted by Crippen LogP contribution is 2.41. The van der Waals surface area contributed by atoms with Crippen molar-refractivity contribution in [1.82, 2.24) is 19.9 Å². The van der Waals surface area contributed by atoms with Gasteiger partial charge in [-0.15, -0.1) is 0 Å². The van der Waals surface area contributed by atoms with Crippen LogP contribution in [0.4, 0.5) is 5.82 Å². The van der Waals surface area contributed by atoms with E-state index in [4.69, 9.17) is 23.7 Å². The molecule has 0 saturated carbocycles. The van der Waals surface area contributed by atoms with E-state index in [1.807, 2.05) is 0 Å². The summed E-state index contributed by atoms with van der Waals surface area (Å²) in [6, 6.07) is 12.4. The number of nitrogens with zero attached hydrogens (tertiary/aromatic N) is 4. The predicted octanol–water partition coefficient (Wildman–Crippen LogP) is 0.953. The Hall–Kier alpha value is -4.98. The number of nitrogens with one attached hydrogen (secondary N) is 1. The second-order valence-corrected chi connectivity index (χ2v) is 11.5. The Morgan fingerprint density at radius 1 is 0.936 bits per heavy atom. The lowest BCUT2D eigenvalue weighted by Crippen LogP contribution is -2.60. The molecule has 5 N–H and O–H groups in total. The summed E-state index contributed by atoms with van der Waals surface area (Å²) < 4.78 is 56.8. The first-order valence-corrected chi connectivity index (χ1v) is 15.2. The Labute approximate surface area is 267 Å². The molecule has 4 aromatic rings. The number of anilines is 1. The number of rotatable bonds is 12. The van der Waals surface area contributed by atoms with E-state index < -0.39 is 51.7 Å². The molecule has 1 saturated heterocycles. The van der Waals surface area contributed by atoms with Crippen molar-refractivity contribution < 1.29 is 57.3 Å². The van der Waals surface area contributed by atoms with Crippen LogP contribution in [0.1, 0.15) is 5.56 Å². The van der Waals surface area contributed by atoms with Gasteiger partial charge in [0.1, 0.15) is 18.3 Å². The summed E-state index contributed by atoms with van der Waals surface area (Å²) in [7, 11) is -1.65. The summed E-state index contributed by atoms with van der Waals surface area (Å²) >= 11 is 0. The molecule has 18 heteroatoms. The number of hydrogen-bond acceptors (Lipinski definition) is 15. The number of aromatic nitrogens is 4. The van der Waals surface area contributed by atoms with Crippen LogP contribution in [-0.2, 0) is 30.9 Å². The molecule has 0 aliphatic carbocycles. The molecule has 5 atom stereocenters. The predicted molar refractivity (Wildman–Crippen MR) is 159 cm³/mol. The average molecular weight is 672 g/mol. The lowest BCUT2D eigenvalue weighted by molar-refractivity contribution is -0.297. The van der Waals surface area contributed by atoms with Gasteiger partial charge in [-0.3, -0.25) is 9.71 Å². The van der Waals surface area contributed by atoms with E-state index in [9.17, 15) is 33.6 Å². The largest absolute Gasteiger partial charge is 0.493 e. The van der Waals surface area contributed by atoms with E-state index in [2.05, 4.69) is 24.7 Å². The highest BCUT2D eigenvalue weighted by molar-refractivity contribution is 7.92. The third-order valence-corrected chi connectivity index (χ3v) is 8.03. The Balaban J connectivity index is 1.40. The minimum absolute atomic E-state index is 0.0919. The normalized spacial score (nSPS) is 21.1. The van der Waals surface area contributed by atoms with Gasteiger partial charge in [-0.25, -0.2) is 14.8 Å². The van der Waals surface area contributed by atoms with E-state index in [-0.39, 0.29) is 35.6 Å². The minimum atomic E-state index is -4.42. The molecular weight excluding hydrogens is 642 g/mol. The molecule has 1 aliphatic rings. The van der Waals surface area contributed by atoms with Gasteiger partial charge in [0.05, 0.1) is 20.8 Å². The molecule has 47 heavy (non-hydrogen) atoms. The Kier molecular flexibility index (Phi) is 10.1. The highest BCUT2D eigenvalue weighted by Gasteiger charge is 2.47. The van der Waals surface area contributed by atoms with Crippen molar-refractivity contribution in [3.05, 3.63) is 72.7 Å². The fourth-order valence-corrected chi connectivity index (χ4v) is 5.31. The number of aliphatic carboxylic acids is 1. The van der Waals surface area contributed by atoms with Crippen molar-refractivity contribution >= 4 is 21.8 Å². The maximum atomic E-state index is 13.5. The maximum Gasteiger partial charge on any atom is 0.335 e. The van der Waals surface area contributed by atoms with Gasteiger partial charge in [0.25, 0.3) is 15.9 Å². The molecule has 4 heterocycles. The summed E-state index contributed by atoms with van der Waals surface area (Å²) in [5, 5.41) is 38.8. The monoisotopic (exact) mass is 671 g/mol. The summed E-state index contributed by atoms with van der Waals surface area (Å²) in [6.07, 6.45) is -4.73. The topological polar surface area (TPSA) is 242 Å². The number of methoxy groups -OCH3 is 2. The van der Waals surface area contributed by atoms with Crippen LogP contribution < -0.4 is 18.9 Å². The van der Waals surface area contributed by atoms with Gasteiger partial charge >= 0.3 is 5.97 Å². The van der Waals surface area contributed by atoms with Crippen LogP contribution >= 0.6 is 0 Å². The van der Waals surface area contributed by atoms with Crippen LogP contribution in [-0.4, -0.2) is 99.7 Å². The van der Waals surface area contributed by atoms with Crippen LogP contribution in [0.25, 0.3) is 11.4 Å². The molecule has 1 fully saturated rings. The summed E-state index contributed by atoms with van der Waals surface area (Å²) in [4.78, 5) is 28.1. The SMILES string of the molecule is COc1ccccc1Oc1c(NS(=O)(=O)c2ccc(COC3OC(C(=O)O)C(O)C(O)C3O)cn2)nc(-c2ccncc2)nc1OC. The number of para-hydroxylation sites is 2. The zero-order valence-electron chi connectivity index (χ0n) is 24.7. The lowest BCUT2D eigenvalue weighted by Gasteiger charge is -2.38. The van der Waals surface area contributed by atoms with Crippen molar-refractivity contribution in [1.29, 1.82) is 0 Å². The standard InChI is InChI=1S/C29H29N5O12S/c1-42-17-5-3-4-6-18(17)45-24-26(32-25(33-27(24)43-2)16-9-11-30-12-10-16)34-47(40,41)19-8-7-15(13-31-19)14-44-29-22(37)20(35)21(36)23(46-29)28(38)39/h3-13,20-23,29,35-37H,14H2,1-2H3,(H,38,39)(H,32,33,34). The van der Waals surface area contributed by atoms with Gasteiger partial charge in [0.2, 0.25) is 5.75 Å². The van der Waals surface area contributed by atoms with Crippen molar-refractivity contribution in [2.24, 2.45) is 0 Å². The molecule has 3 aromatic heterocycles. The van der Waals surface area contributed by atoms with Crippen LogP contribution in [0.5, 0.6) is 23.1 Å². The van der Waals surface area contributed by atoms with Gasteiger partial charge in [0.15, 0.2) is 40.6 Å². The van der Waals surface area contributed by atoms with Gasteiger partial charge in [-0.2, -0.15) is 13.4 Å². The second-order valence-electron chi connectivity index (χ2n) is 9.88. The third kappa shape index (κ3) is 7.38. The van der Waals surface area contributed by atoms with Crippen molar-refractivity contribution in [3.8, 4) is 34.5 Å². The fourth-order valence-electron chi connectivity index (χ4n) is 4.38. The first-order chi connectivity index (χ1) is 22.5. The van der Waals surface area contributed by atoms with Crippen LogP contribution in [0.2, 0.25) is 0 Å². The Bertz CT molecular complexity index is 1810. The number of ether oxygens (including phenoxy) is 5. The summed E-state index contributed by atoms with van der Waals surface area (Å²) in [6.45, 7) is -0.326. The fraction of sp³-hybridized carbons (Fsp3) is 0.276. The van der Waals surface area contributed by atoms with E-state index in [1.54, 1.807) is 36.4 Å². The number of benzene rings is 1. The van der Waals surface area contributed by atoms with Gasteiger partial charge in [0, 0.05) is 24.2 Å². The molecular formula is C29H29N5O12S. The summed E-state index contributed by atoms with van der Waals surface area (Å²) in [5.41, 5.74) is 0.810. The van der Waals surface area contributed by atoms with Crippen molar-refractivity contribution in [2.45, 2.75) is 42.3 Å². The molecule has 0 amide bonds. The van der Waals surface area contributed by atoms with E-state index >= 15 is 0 Å². The molecule has 1 aromatic carbocycles. The summed E-state index contributed by atoms with van der Waals surface area (Å²) in [5.74, 6) is -1.43. The zero-order chi connectivity index (χ0) is 33.7. The lowest BCUT2D eigenvalue weighted by atomic mass is 9.99. The third-order valence-electron chi connectivity index (χ3n) is 6.78. The molecule has 248 valence electrons. The van der Waals surface area contributed by atoms with Gasteiger partial charge < -0.3 is 44.1 Å². The van der Waals surface area contributed by atoms with E-state index in [0.717, 1.165) is 0 Å². The smallest absolute Gasteiger partial charge is 0.335 e. The first-order valence-electron chi connectivity index (χ1n) is 13.7. The van der Waals surface area contributed by atoms with Crippen molar-refractivity contribution in [2.75, 3.05) is 18.9 Å². The molecule has 0 radical (unpaired) electrons. The molecule has 17 nitrogen and oxygen atoms in total. The molecule has 5 unspecified atom stereocenters. The Morgan fingerprint density at radius 2 is 1.66 bits per heavy atom. The maximum absolute atomic E-state index is 13.5. The van der Waals surface area contributed by atoms with Gasteiger partial charge in [-0.1, -0.05) is 18.2 Å². The quantitative estimate of drug-likeness (QED) is 0.141. The second kappa shape index (κ2) is 14.2. The number of aliphatic hydroxyl groups is 3. The number of carbonyl (C=O) groups is 1. The van der Waals surface area contributed by atoms with Crippen LogP contribution in [0, 0.1) is 0 Å². The minimum Gasteiger partial charge on any atom is -0.493 e. The Morgan fingerprint density at radius 3 is 2.30 bits per heavy atom. The van der Waals surface area contributed by atoms with Crippen LogP contribution in [0.3, 0.4) is 0 Å². The number of carboxylic acids is 1. The highest BCUT2D eigenvalue weighted by atomic mass is 32.2. The van der Waals surface area contributed by atoms with E-state index in [0.29, 0.717) is 16.9 Å². The van der Waals surface area contributed by atoms with E-state index in [1.165, 1.54) is 44.9 Å². The first kappa shape index (κ1) is 33.4. The number of carboxylic acid groups (broad SMARTS) is 1. The van der Waals surface area contributed by atoms with Gasteiger partial charge in [-0.05, 0) is 35.9 Å². The average Bonchev–Trinajstić information content (AvgIpc) is 3.08. The number of pyridine rings is 2. The molecule has 0 bridgehead atoms. The van der Waals surface area contributed by atoms with Crippen molar-refractivity contribution in [3.63, 3.8) is 0 Å².